The van der Waals surface area contributed by atoms with E-state index in [-0.39, 0.29) is 0 Å². The van der Waals surface area contributed by atoms with Gasteiger partial charge in [0, 0.05) is 12.0 Å². The van der Waals surface area contributed by atoms with Crippen LogP contribution in [0.15, 0.2) is 59.0 Å². The van der Waals surface area contributed by atoms with Gasteiger partial charge in [0.25, 0.3) is 0 Å². The zero-order valence-electron chi connectivity index (χ0n) is 14.5. The molecule has 3 nitrogen and oxygen atoms in total. The van der Waals surface area contributed by atoms with Crippen molar-refractivity contribution in [3.8, 4) is 17.2 Å². The van der Waals surface area contributed by atoms with Gasteiger partial charge in [-0.05, 0) is 42.7 Å². The molecule has 3 heteroatoms. The largest absolute Gasteiger partial charge is 0.493 e. The van der Waals surface area contributed by atoms with E-state index in [0.717, 1.165) is 29.2 Å². The summed E-state index contributed by atoms with van der Waals surface area (Å²) in [7, 11) is 0. The summed E-state index contributed by atoms with van der Waals surface area (Å²) in [5.41, 5.74) is 3.28. The van der Waals surface area contributed by atoms with E-state index in [9.17, 15) is 0 Å². The van der Waals surface area contributed by atoms with Crippen molar-refractivity contribution >= 4 is 0 Å². The molecule has 1 aromatic heterocycles. The van der Waals surface area contributed by atoms with E-state index in [1.54, 1.807) is 0 Å². The fourth-order valence-electron chi connectivity index (χ4n) is 2.58. The topological polar surface area (TPSA) is 35.3 Å². The molecule has 0 aliphatic heterocycles. The Balaban J connectivity index is 1.66. The van der Waals surface area contributed by atoms with Gasteiger partial charge in [-0.3, -0.25) is 0 Å². The summed E-state index contributed by atoms with van der Waals surface area (Å²) in [4.78, 5) is 4.64. The lowest BCUT2D eigenvalue weighted by atomic mass is 10.0. The van der Waals surface area contributed by atoms with Crippen LogP contribution in [0.3, 0.4) is 0 Å². The van der Waals surface area contributed by atoms with Crippen LogP contribution in [0, 0.1) is 6.92 Å². The molecule has 0 unspecified atom stereocenters. The zero-order chi connectivity index (χ0) is 16.9. The lowest BCUT2D eigenvalue weighted by Gasteiger charge is -2.05. The maximum Gasteiger partial charge on any atom is 0.226 e. The van der Waals surface area contributed by atoms with Crippen molar-refractivity contribution in [1.82, 2.24) is 4.98 Å². The van der Waals surface area contributed by atoms with E-state index in [0.29, 0.717) is 18.4 Å². The van der Waals surface area contributed by atoms with Gasteiger partial charge in [0.05, 0.1) is 12.3 Å². The highest BCUT2D eigenvalue weighted by atomic mass is 16.5. The summed E-state index contributed by atoms with van der Waals surface area (Å²) < 4.78 is 11.6. The Kier molecular flexibility index (Phi) is 4.99. The van der Waals surface area contributed by atoms with Crippen molar-refractivity contribution in [2.75, 3.05) is 6.61 Å². The summed E-state index contributed by atoms with van der Waals surface area (Å²) in [6.07, 6.45) is 0.730. The van der Waals surface area contributed by atoms with E-state index in [2.05, 4.69) is 43.1 Å². The first-order valence-electron chi connectivity index (χ1n) is 8.38. The SMILES string of the molecule is Cc1oc(-c2ccc(C(C)C)cc2)nc1CCOc1ccccc1. The first-order chi connectivity index (χ1) is 11.6. The zero-order valence-corrected chi connectivity index (χ0v) is 14.5. The minimum absolute atomic E-state index is 0.524. The van der Waals surface area contributed by atoms with Crippen LogP contribution in [0.4, 0.5) is 0 Å². The minimum atomic E-state index is 0.524. The number of aryl methyl sites for hydroxylation is 1. The molecule has 1 heterocycles. The fraction of sp³-hybridized carbons (Fsp3) is 0.286. The van der Waals surface area contributed by atoms with Gasteiger partial charge in [-0.15, -0.1) is 0 Å². The first-order valence-corrected chi connectivity index (χ1v) is 8.38. The second-order valence-corrected chi connectivity index (χ2v) is 6.21. The number of aromatic nitrogens is 1. The van der Waals surface area contributed by atoms with Crippen LogP contribution in [0.5, 0.6) is 5.75 Å². The fourth-order valence-corrected chi connectivity index (χ4v) is 2.58. The third kappa shape index (κ3) is 3.85. The number of nitrogens with zero attached hydrogens (tertiary/aromatic N) is 1. The minimum Gasteiger partial charge on any atom is -0.493 e. The molecular formula is C21H23NO2. The number of ether oxygens (including phenoxy) is 1. The van der Waals surface area contributed by atoms with Crippen LogP contribution >= 0.6 is 0 Å². The van der Waals surface area contributed by atoms with Crippen molar-refractivity contribution < 1.29 is 9.15 Å². The molecule has 2 aromatic carbocycles. The van der Waals surface area contributed by atoms with E-state index in [4.69, 9.17) is 9.15 Å². The van der Waals surface area contributed by atoms with Crippen LogP contribution in [-0.4, -0.2) is 11.6 Å². The predicted octanol–water partition coefficient (Wildman–Crippen LogP) is 5.39. The third-order valence-electron chi connectivity index (χ3n) is 4.07. The van der Waals surface area contributed by atoms with E-state index in [1.165, 1.54) is 5.56 Å². The quantitative estimate of drug-likeness (QED) is 0.610. The highest BCUT2D eigenvalue weighted by Gasteiger charge is 2.12. The summed E-state index contributed by atoms with van der Waals surface area (Å²) >= 11 is 0. The maximum atomic E-state index is 5.84. The Morgan fingerprint density at radius 1 is 1.00 bits per heavy atom. The van der Waals surface area contributed by atoms with Crippen LogP contribution in [0.2, 0.25) is 0 Å². The van der Waals surface area contributed by atoms with Crippen molar-refractivity contribution in [1.29, 1.82) is 0 Å². The molecule has 0 aliphatic carbocycles. The van der Waals surface area contributed by atoms with Gasteiger partial charge >= 0.3 is 0 Å². The lowest BCUT2D eigenvalue weighted by molar-refractivity contribution is 0.320. The van der Waals surface area contributed by atoms with Crippen molar-refractivity contribution in [3.05, 3.63) is 71.6 Å². The second kappa shape index (κ2) is 7.35. The molecule has 24 heavy (non-hydrogen) atoms. The van der Waals surface area contributed by atoms with Crippen LogP contribution in [0.1, 0.15) is 36.8 Å². The number of oxazole rings is 1. The third-order valence-corrected chi connectivity index (χ3v) is 4.07. The molecular weight excluding hydrogens is 298 g/mol. The molecule has 0 bridgehead atoms. The highest BCUT2D eigenvalue weighted by Crippen LogP contribution is 2.24. The van der Waals surface area contributed by atoms with Gasteiger partial charge in [-0.25, -0.2) is 4.98 Å². The Bertz CT molecular complexity index is 773. The molecule has 0 saturated heterocycles. The number of hydrogen-bond acceptors (Lipinski definition) is 3. The summed E-state index contributed by atoms with van der Waals surface area (Å²) in [6, 6.07) is 18.2. The Labute approximate surface area is 143 Å². The molecule has 0 saturated carbocycles. The second-order valence-electron chi connectivity index (χ2n) is 6.21. The monoisotopic (exact) mass is 321 g/mol. The average molecular weight is 321 g/mol. The number of rotatable bonds is 6. The van der Waals surface area contributed by atoms with Crippen molar-refractivity contribution in [2.24, 2.45) is 0 Å². The highest BCUT2D eigenvalue weighted by molar-refractivity contribution is 5.54. The molecule has 0 spiro atoms. The average Bonchev–Trinajstić information content (AvgIpc) is 2.97. The first kappa shape index (κ1) is 16.3. The molecule has 0 amide bonds. The van der Waals surface area contributed by atoms with Gasteiger partial charge < -0.3 is 9.15 Å². The van der Waals surface area contributed by atoms with E-state index < -0.39 is 0 Å². The van der Waals surface area contributed by atoms with Gasteiger partial charge in [0.15, 0.2) is 0 Å². The molecule has 0 fully saturated rings. The van der Waals surface area contributed by atoms with Crippen LogP contribution in [0.25, 0.3) is 11.5 Å². The van der Waals surface area contributed by atoms with E-state index in [1.807, 2.05) is 37.3 Å². The van der Waals surface area contributed by atoms with E-state index >= 15 is 0 Å². The Hall–Kier alpha value is -2.55. The normalized spacial score (nSPS) is 11.0. The molecule has 3 rings (SSSR count). The molecule has 0 N–H and O–H groups in total. The van der Waals surface area contributed by atoms with Crippen molar-refractivity contribution in [3.63, 3.8) is 0 Å². The maximum absolute atomic E-state index is 5.84. The molecule has 124 valence electrons. The van der Waals surface area contributed by atoms with Crippen LogP contribution < -0.4 is 4.74 Å². The Morgan fingerprint density at radius 3 is 2.38 bits per heavy atom. The molecule has 3 aromatic rings. The van der Waals surface area contributed by atoms with Crippen molar-refractivity contribution in [2.45, 2.75) is 33.1 Å². The van der Waals surface area contributed by atoms with Gasteiger partial charge in [0.1, 0.15) is 11.5 Å². The lowest BCUT2D eigenvalue weighted by Crippen LogP contribution is -2.02. The van der Waals surface area contributed by atoms with Gasteiger partial charge in [-0.2, -0.15) is 0 Å². The van der Waals surface area contributed by atoms with Gasteiger partial charge in [0.2, 0.25) is 5.89 Å². The molecule has 0 aliphatic rings. The smallest absolute Gasteiger partial charge is 0.226 e. The number of para-hydroxylation sites is 1. The number of hydrogen-bond donors (Lipinski definition) is 0. The van der Waals surface area contributed by atoms with Gasteiger partial charge in [-0.1, -0.05) is 44.2 Å². The van der Waals surface area contributed by atoms with Crippen LogP contribution in [-0.2, 0) is 6.42 Å². The standard InChI is InChI=1S/C21H23NO2/c1-15(2)17-9-11-18(12-10-17)21-22-20(16(3)24-21)13-14-23-19-7-5-4-6-8-19/h4-12,15H,13-14H2,1-3H3. The summed E-state index contributed by atoms with van der Waals surface area (Å²) in [5, 5.41) is 0. The summed E-state index contributed by atoms with van der Waals surface area (Å²) in [5.74, 6) is 2.94. The molecule has 0 radical (unpaired) electrons. The number of benzene rings is 2. The Morgan fingerprint density at radius 2 is 1.71 bits per heavy atom. The predicted molar refractivity (Wildman–Crippen MR) is 96.4 cm³/mol. The molecule has 0 atom stereocenters. The summed E-state index contributed by atoms with van der Waals surface area (Å²) in [6.45, 7) is 6.92.